The van der Waals surface area contributed by atoms with Gasteiger partial charge >= 0.3 is 0 Å². The van der Waals surface area contributed by atoms with Gasteiger partial charge in [-0.15, -0.1) is 12.4 Å². The number of amides is 1. The van der Waals surface area contributed by atoms with Crippen molar-refractivity contribution in [3.05, 3.63) is 35.1 Å². The van der Waals surface area contributed by atoms with Gasteiger partial charge in [-0.25, -0.2) is 0 Å². The predicted octanol–water partition coefficient (Wildman–Crippen LogP) is 4.29. The average molecular weight is 413 g/mol. The first-order valence-corrected chi connectivity index (χ1v) is 9.58. The lowest BCUT2D eigenvalue weighted by molar-refractivity contribution is -0.126. The van der Waals surface area contributed by atoms with Crippen LogP contribution in [0.2, 0.25) is 5.02 Å². The quantitative estimate of drug-likeness (QED) is 0.780. The summed E-state index contributed by atoms with van der Waals surface area (Å²) in [5.74, 6) is 0.674. The topological polar surface area (TPSA) is 94.0 Å². The summed E-state index contributed by atoms with van der Waals surface area (Å²) in [6.45, 7) is 1.85. The Labute approximate surface area is 170 Å². The van der Waals surface area contributed by atoms with Crippen molar-refractivity contribution in [1.29, 1.82) is 0 Å². The normalized spacial score (nSPS) is 21.4. The number of aromatic nitrogens is 2. The van der Waals surface area contributed by atoms with E-state index in [1.54, 1.807) is 12.1 Å². The molecular weight excluding hydrogens is 387 g/mol. The van der Waals surface area contributed by atoms with E-state index >= 15 is 0 Å². The summed E-state index contributed by atoms with van der Waals surface area (Å²) in [7, 11) is 0. The highest BCUT2D eigenvalue weighted by molar-refractivity contribution is 6.30. The van der Waals surface area contributed by atoms with Crippen LogP contribution in [0.5, 0.6) is 0 Å². The molecule has 1 aliphatic carbocycles. The zero-order valence-corrected chi connectivity index (χ0v) is 16.9. The van der Waals surface area contributed by atoms with E-state index in [1.807, 2.05) is 19.1 Å². The lowest BCUT2D eigenvalue weighted by Crippen LogP contribution is -2.43. The molecule has 8 heteroatoms. The van der Waals surface area contributed by atoms with Crippen molar-refractivity contribution in [2.45, 2.75) is 57.5 Å². The number of nitrogens with zero attached hydrogens (tertiary/aromatic N) is 2. The Balaban J connectivity index is 0.00000261. The molecule has 1 aromatic carbocycles. The van der Waals surface area contributed by atoms with Crippen LogP contribution in [0.1, 0.15) is 57.3 Å². The standard InChI is InChI=1S/C19H25ClN4O2.ClH/c1-12(22-18(25)15-6-4-2-3-5-7-16(15)21)17-23-19(26-24-17)13-8-10-14(20)11-9-13;/h8-12,15-16H,2-7,21H2,1H3,(H,22,25);1H. The monoisotopic (exact) mass is 412 g/mol. The maximum absolute atomic E-state index is 12.7. The van der Waals surface area contributed by atoms with Crippen molar-refractivity contribution in [1.82, 2.24) is 15.5 Å². The third-order valence-corrected chi connectivity index (χ3v) is 5.19. The molecule has 1 fully saturated rings. The molecule has 3 N–H and O–H groups in total. The minimum atomic E-state index is -0.343. The van der Waals surface area contributed by atoms with Gasteiger partial charge in [-0.05, 0) is 44.0 Å². The maximum Gasteiger partial charge on any atom is 0.257 e. The van der Waals surface area contributed by atoms with Crippen LogP contribution in [0.4, 0.5) is 0 Å². The summed E-state index contributed by atoms with van der Waals surface area (Å²) in [5.41, 5.74) is 7.02. The number of nitrogens with one attached hydrogen (secondary N) is 1. The minimum absolute atomic E-state index is 0. The van der Waals surface area contributed by atoms with Gasteiger partial charge < -0.3 is 15.6 Å². The molecule has 3 unspecified atom stereocenters. The number of carbonyl (C=O) groups is 1. The SMILES string of the molecule is CC(NC(=O)C1CCCCCCC1N)c1noc(-c2ccc(Cl)cc2)n1.Cl. The summed E-state index contributed by atoms with van der Waals surface area (Å²) in [6.07, 6.45) is 6.24. The first-order valence-electron chi connectivity index (χ1n) is 9.20. The van der Waals surface area contributed by atoms with Gasteiger partial charge in [0.15, 0.2) is 5.82 Å². The summed E-state index contributed by atoms with van der Waals surface area (Å²) < 4.78 is 5.32. The lowest BCUT2D eigenvalue weighted by Gasteiger charge is -2.26. The first kappa shape index (κ1) is 21.7. The van der Waals surface area contributed by atoms with Gasteiger partial charge in [0.1, 0.15) is 0 Å². The van der Waals surface area contributed by atoms with E-state index < -0.39 is 0 Å². The number of hydrogen-bond acceptors (Lipinski definition) is 5. The van der Waals surface area contributed by atoms with Gasteiger partial charge in [0.05, 0.1) is 12.0 Å². The third kappa shape index (κ3) is 5.67. The second kappa shape index (κ2) is 10.1. The Morgan fingerprint density at radius 3 is 2.59 bits per heavy atom. The lowest BCUT2D eigenvalue weighted by atomic mass is 9.86. The second-order valence-corrected chi connectivity index (χ2v) is 7.39. The van der Waals surface area contributed by atoms with Crippen molar-refractivity contribution >= 4 is 29.9 Å². The molecular formula is C19H26Cl2N4O2. The Morgan fingerprint density at radius 1 is 1.22 bits per heavy atom. The van der Waals surface area contributed by atoms with Gasteiger partial charge in [0, 0.05) is 16.6 Å². The van der Waals surface area contributed by atoms with Gasteiger partial charge in [-0.2, -0.15) is 4.98 Å². The van der Waals surface area contributed by atoms with Crippen LogP contribution < -0.4 is 11.1 Å². The number of nitrogens with two attached hydrogens (primary N) is 1. The molecule has 27 heavy (non-hydrogen) atoms. The molecule has 1 aliphatic rings. The van der Waals surface area contributed by atoms with E-state index in [-0.39, 0.29) is 36.3 Å². The minimum Gasteiger partial charge on any atom is -0.346 e. The maximum atomic E-state index is 12.7. The van der Waals surface area contributed by atoms with E-state index in [0.717, 1.165) is 31.2 Å². The van der Waals surface area contributed by atoms with Crippen LogP contribution in [0.15, 0.2) is 28.8 Å². The molecule has 1 saturated carbocycles. The molecule has 0 radical (unpaired) electrons. The predicted molar refractivity (Wildman–Crippen MR) is 108 cm³/mol. The van der Waals surface area contributed by atoms with Crippen LogP contribution >= 0.6 is 24.0 Å². The molecule has 1 amide bonds. The van der Waals surface area contributed by atoms with Crippen LogP contribution in [-0.2, 0) is 4.79 Å². The van der Waals surface area contributed by atoms with Gasteiger partial charge in [-0.3, -0.25) is 4.79 Å². The van der Waals surface area contributed by atoms with Crippen LogP contribution in [0, 0.1) is 5.92 Å². The molecule has 0 bridgehead atoms. The zero-order chi connectivity index (χ0) is 18.5. The Hall–Kier alpha value is -1.63. The van der Waals surface area contributed by atoms with Crippen LogP contribution in [-0.4, -0.2) is 22.1 Å². The number of hydrogen-bond donors (Lipinski definition) is 2. The van der Waals surface area contributed by atoms with Gasteiger partial charge in [-0.1, -0.05) is 42.4 Å². The van der Waals surface area contributed by atoms with Crippen molar-refractivity contribution in [3.63, 3.8) is 0 Å². The van der Waals surface area contributed by atoms with E-state index in [2.05, 4.69) is 15.5 Å². The Bertz CT molecular complexity index is 736. The number of halogens is 2. The van der Waals surface area contributed by atoms with Crippen molar-refractivity contribution in [2.24, 2.45) is 11.7 Å². The average Bonchev–Trinajstić information content (AvgIpc) is 3.09. The van der Waals surface area contributed by atoms with Crippen LogP contribution in [0.25, 0.3) is 11.5 Å². The Kier molecular flexibility index (Phi) is 8.07. The molecule has 0 aliphatic heterocycles. The smallest absolute Gasteiger partial charge is 0.257 e. The fraction of sp³-hybridized carbons (Fsp3) is 0.526. The van der Waals surface area contributed by atoms with Crippen molar-refractivity contribution in [2.75, 3.05) is 0 Å². The molecule has 1 aromatic heterocycles. The summed E-state index contributed by atoms with van der Waals surface area (Å²) in [5, 5.41) is 7.64. The molecule has 3 atom stereocenters. The highest BCUT2D eigenvalue weighted by Crippen LogP contribution is 2.24. The van der Waals surface area contributed by atoms with Crippen molar-refractivity contribution in [3.8, 4) is 11.5 Å². The Morgan fingerprint density at radius 2 is 1.89 bits per heavy atom. The molecule has 3 rings (SSSR count). The van der Waals surface area contributed by atoms with E-state index in [1.165, 1.54) is 12.8 Å². The highest BCUT2D eigenvalue weighted by atomic mass is 35.5. The fourth-order valence-electron chi connectivity index (χ4n) is 3.34. The molecule has 6 nitrogen and oxygen atoms in total. The molecule has 148 valence electrons. The second-order valence-electron chi connectivity index (χ2n) is 6.96. The third-order valence-electron chi connectivity index (χ3n) is 4.94. The summed E-state index contributed by atoms with van der Waals surface area (Å²) in [6, 6.07) is 6.74. The summed E-state index contributed by atoms with van der Waals surface area (Å²) in [4.78, 5) is 17.1. The van der Waals surface area contributed by atoms with Crippen LogP contribution in [0.3, 0.4) is 0 Å². The van der Waals surface area contributed by atoms with E-state index in [4.69, 9.17) is 21.9 Å². The number of carbonyl (C=O) groups excluding carboxylic acids is 1. The number of benzene rings is 1. The largest absolute Gasteiger partial charge is 0.346 e. The molecule has 0 saturated heterocycles. The van der Waals surface area contributed by atoms with E-state index in [9.17, 15) is 4.79 Å². The highest BCUT2D eigenvalue weighted by Gasteiger charge is 2.28. The van der Waals surface area contributed by atoms with Crippen molar-refractivity contribution < 1.29 is 9.32 Å². The molecule has 0 spiro atoms. The van der Waals surface area contributed by atoms with Gasteiger partial charge in [0.25, 0.3) is 5.89 Å². The molecule has 1 heterocycles. The van der Waals surface area contributed by atoms with E-state index in [0.29, 0.717) is 16.7 Å². The number of rotatable bonds is 4. The zero-order valence-electron chi connectivity index (χ0n) is 15.4. The summed E-state index contributed by atoms with van der Waals surface area (Å²) >= 11 is 5.90. The first-order chi connectivity index (χ1) is 12.5. The fourth-order valence-corrected chi connectivity index (χ4v) is 3.47. The molecule has 2 aromatic rings. The van der Waals surface area contributed by atoms with Gasteiger partial charge in [0.2, 0.25) is 5.91 Å².